The Labute approximate surface area is 171 Å². The highest BCUT2D eigenvalue weighted by molar-refractivity contribution is 5.83. The largest absolute Gasteiger partial charge is 0.471 e. The summed E-state index contributed by atoms with van der Waals surface area (Å²) in [5, 5.41) is 4.61. The number of urea groups is 1. The Morgan fingerprint density at radius 3 is 2.07 bits per heavy atom. The predicted molar refractivity (Wildman–Crippen MR) is 96.3 cm³/mol. The van der Waals surface area contributed by atoms with E-state index in [0.29, 0.717) is 25.0 Å². The van der Waals surface area contributed by atoms with Crippen molar-refractivity contribution in [2.24, 2.45) is 10.8 Å². The van der Waals surface area contributed by atoms with E-state index in [1.54, 1.807) is 4.90 Å². The van der Waals surface area contributed by atoms with E-state index in [4.69, 9.17) is 0 Å². The normalized spacial score (nSPS) is 26.8. The van der Waals surface area contributed by atoms with Crippen LogP contribution in [0.15, 0.2) is 6.33 Å². The van der Waals surface area contributed by atoms with E-state index in [9.17, 15) is 22.8 Å². The first-order chi connectivity index (χ1) is 14.2. The van der Waals surface area contributed by atoms with Gasteiger partial charge in [-0.25, -0.2) is 14.5 Å². The zero-order valence-corrected chi connectivity index (χ0v) is 16.4. The number of halogens is 3. The molecule has 2 aliphatic carbocycles. The van der Waals surface area contributed by atoms with E-state index in [2.05, 4.69) is 10.1 Å². The highest BCUT2D eigenvalue weighted by Gasteiger charge is 2.60. The molecule has 3 amide bonds. The average molecular weight is 424 g/mol. The third kappa shape index (κ3) is 2.73. The molecule has 0 N–H and O–H groups in total. The quantitative estimate of drug-likeness (QED) is 0.723. The van der Waals surface area contributed by atoms with Gasteiger partial charge in [0.1, 0.15) is 6.33 Å². The molecule has 0 atom stereocenters. The molecule has 5 aliphatic rings. The molecule has 0 radical (unpaired) electrons. The molecule has 0 unspecified atom stereocenters. The van der Waals surface area contributed by atoms with E-state index in [1.807, 2.05) is 15.9 Å². The van der Waals surface area contributed by atoms with Gasteiger partial charge in [0.25, 0.3) is 0 Å². The fraction of sp³-hybridized carbons (Fsp3) is 0.789. The highest BCUT2D eigenvalue weighted by atomic mass is 19.4. The summed E-state index contributed by atoms with van der Waals surface area (Å²) in [6.45, 7) is 2.50. The van der Waals surface area contributed by atoms with E-state index in [0.717, 1.165) is 36.7 Å². The number of alkyl halides is 3. The Morgan fingerprint density at radius 2 is 1.50 bits per heavy atom. The second-order valence-corrected chi connectivity index (χ2v) is 10.1. The molecule has 3 saturated heterocycles. The van der Waals surface area contributed by atoms with Crippen LogP contribution in [0.4, 0.5) is 18.0 Å². The molecule has 5 fully saturated rings. The van der Waals surface area contributed by atoms with Gasteiger partial charge < -0.3 is 14.7 Å². The van der Waals surface area contributed by atoms with Crippen LogP contribution in [-0.4, -0.2) is 86.8 Å². The zero-order valence-electron chi connectivity index (χ0n) is 16.4. The summed E-state index contributed by atoms with van der Waals surface area (Å²) >= 11 is 0. The van der Waals surface area contributed by atoms with Crippen molar-refractivity contribution in [1.82, 2.24) is 29.5 Å². The number of hydrogen-bond donors (Lipinski definition) is 0. The molecule has 3 aliphatic heterocycles. The van der Waals surface area contributed by atoms with Crippen LogP contribution >= 0.6 is 0 Å². The maximum absolute atomic E-state index is 12.6. The summed E-state index contributed by atoms with van der Waals surface area (Å²) < 4.78 is 39.4. The van der Waals surface area contributed by atoms with Gasteiger partial charge in [0.05, 0.1) is 6.04 Å². The Hall–Kier alpha value is -2.33. The van der Waals surface area contributed by atoms with Crippen LogP contribution in [0.2, 0.25) is 0 Å². The van der Waals surface area contributed by atoms with Crippen LogP contribution in [0.3, 0.4) is 0 Å². The Morgan fingerprint density at radius 1 is 0.933 bits per heavy atom. The van der Waals surface area contributed by atoms with Gasteiger partial charge in [-0.2, -0.15) is 18.3 Å². The fourth-order valence-electron chi connectivity index (χ4n) is 5.66. The molecule has 0 aromatic carbocycles. The van der Waals surface area contributed by atoms with Gasteiger partial charge in [-0.3, -0.25) is 4.79 Å². The minimum absolute atomic E-state index is 0.0351. The smallest absolute Gasteiger partial charge is 0.333 e. The van der Waals surface area contributed by atoms with Gasteiger partial charge in [-0.1, -0.05) is 0 Å². The summed E-state index contributed by atoms with van der Waals surface area (Å²) in [6.07, 6.45) is 1.39. The van der Waals surface area contributed by atoms with Crippen LogP contribution in [0.25, 0.3) is 0 Å². The van der Waals surface area contributed by atoms with Crippen molar-refractivity contribution in [2.75, 3.05) is 39.3 Å². The van der Waals surface area contributed by atoms with Crippen molar-refractivity contribution in [3.63, 3.8) is 0 Å². The third-order valence-electron chi connectivity index (χ3n) is 7.41. The number of nitrogens with zero attached hydrogens (tertiary/aromatic N) is 6. The highest BCUT2D eigenvalue weighted by Crippen LogP contribution is 2.54. The van der Waals surface area contributed by atoms with Gasteiger partial charge in [0, 0.05) is 56.0 Å². The van der Waals surface area contributed by atoms with Gasteiger partial charge in [-0.05, 0) is 25.7 Å². The van der Waals surface area contributed by atoms with E-state index >= 15 is 0 Å². The minimum atomic E-state index is -4.82. The van der Waals surface area contributed by atoms with Crippen molar-refractivity contribution < 1.29 is 22.8 Å². The van der Waals surface area contributed by atoms with Crippen LogP contribution in [0.1, 0.15) is 43.5 Å². The number of aromatic nitrogens is 3. The Balaban J connectivity index is 0.951. The SMILES string of the molecule is O=C(N1CC2(CC(n3cnc(C4CC4)n3)C2)C1)N1CC2(C1)CN(C(=O)C(F)(F)F)C2. The topological polar surface area (TPSA) is 74.6 Å². The molecule has 30 heavy (non-hydrogen) atoms. The first-order valence-electron chi connectivity index (χ1n) is 10.5. The zero-order chi connectivity index (χ0) is 20.9. The number of likely N-dealkylation sites (tertiary alicyclic amines) is 3. The molecule has 2 saturated carbocycles. The average Bonchev–Trinajstić information content (AvgIpc) is 3.27. The number of carbonyl (C=O) groups is 2. The molecule has 4 heterocycles. The second kappa shape index (κ2) is 5.67. The minimum Gasteiger partial charge on any atom is -0.333 e. The number of amides is 3. The summed E-state index contributed by atoms with van der Waals surface area (Å²) in [5.41, 5.74) is -0.159. The van der Waals surface area contributed by atoms with Crippen molar-refractivity contribution >= 4 is 11.9 Å². The summed E-state index contributed by atoms with van der Waals surface area (Å²) in [7, 11) is 0. The van der Waals surface area contributed by atoms with E-state index < -0.39 is 12.1 Å². The van der Waals surface area contributed by atoms with Crippen LogP contribution < -0.4 is 0 Å². The number of carbonyl (C=O) groups excluding carboxylic acids is 2. The molecule has 162 valence electrons. The van der Waals surface area contributed by atoms with Gasteiger partial charge in [-0.15, -0.1) is 0 Å². The molecule has 6 rings (SSSR count). The van der Waals surface area contributed by atoms with Crippen molar-refractivity contribution in [3.8, 4) is 0 Å². The lowest BCUT2D eigenvalue weighted by molar-refractivity contribution is -0.203. The monoisotopic (exact) mass is 424 g/mol. The lowest BCUT2D eigenvalue weighted by atomic mass is 9.60. The molecule has 0 bridgehead atoms. The molecule has 1 aromatic heterocycles. The van der Waals surface area contributed by atoms with Crippen LogP contribution in [0.5, 0.6) is 0 Å². The van der Waals surface area contributed by atoms with Crippen LogP contribution in [-0.2, 0) is 4.79 Å². The second-order valence-electron chi connectivity index (χ2n) is 10.1. The molecular formula is C19H23F3N6O2. The lowest BCUT2D eigenvalue weighted by Crippen LogP contribution is -2.76. The van der Waals surface area contributed by atoms with Gasteiger partial charge >= 0.3 is 18.1 Å². The Kier molecular flexibility index (Phi) is 3.49. The summed E-state index contributed by atoms with van der Waals surface area (Å²) in [6, 6.07) is 0.328. The van der Waals surface area contributed by atoms with Gasteiger partial charge in [0.15, 0.2) is 5.82 Å². The van der Waals surface area contributed by atoms with Crippen molar-refractivity contribution in [1.29, 1.82) is 0 Å². The fourth-order valence-corrected chi connectivity index (χ4v) is 5.66. The lowest BCUT2D eigenvalue weighted by Gasteiger charge is -2.63. The standard InChI is InChI=1S/C19H23F3N6O2/c20-19(21,22)15(29)25-7-18(8-25)9-27(10-18)16(30)26-5-17(6-26)3-13(4-17)28-11-23-14(24-28)12-1-2-12/h11-13H,1-10H2. The van der Waals surface area contributed by atoms with Crippen LogP contribution in [0, 0.1) is 10.8 Å². The summed E-state index contributed by atoms with van der Waals surface area (Å²) in [4.78, 5) is 32.6. The van der Waals surface area contributed by atoms with Crippen molar-refractivity contribution in [2.45, 2.75) is 43.8 Å². The van der Waals surface area contributed by atoms with E-state index in [1.165, 1.54) is 12.8 Å². The molecule has 11 heteroatoms. The first kappa shape index (κ1) is 18.4. The first-order valence-corrected chi connectivity index (χ1v) is 10.5. The van der Waals surface area contributed by atoms with E-state index in [-0.39, 0.29) is 30.0 Å². The molecule has 8 nitrogen and oxygen atoms in total. The molecule has 2 spiro atoms. The molecule has 1 aromatic rings. The summed E-state index contributed by atoms with van der Waals surface area (Å²) in [5.74, 6) is -0.274. The number of hydrogen-bond acceptors (Lipinski definition) is 4. The van der Waals surface area contributed by atoms with Crippen molar-refractivity contribution in [3.05, 3.63) is 12.2 Å². The maximum atomic E-state index is 12.6. The Bertz CT molecular complexity index is 898. The van der Waals surface area contributed by atoms with Gasteiger partial charge in [0.2, 0.25) is 0 Å². The molecular weight excluding hydrogens is 401 g/mol. The third-order valence-corrected chi connectivity index (χ3v) is 7.41. The maximum Gasteiger partial charge on any atom is 0.471 e. The predicted octanol–water partition coefficient (Wildman–Crippen LogP) is 1.62. The number of rotatable bonds is 2.